The highest BCUT2D eigenvalue weighted by atomic mass is 127. The number of fused-ring (bicyclic) bond motifs is 2. The summed E-state index contributed by atoms with van der Waals surface area (Å²) >= 11 is 5.62. The summed E-state index contributed by atoms with van der Waals surface area (Å²) in [5, 5.41) is 8.63. The summed E-state index contributed by atoms with van der Waals surface area (Å²) in [4.78, 5) is 30.5. The van der Waals surface area contributed by atoms with Crippen LogP contribution in [0.15, 0.2) is 116 Å². The third-order valence-corrected chi connectivity index (χ3v) is 7.48. The van der Waals surface area contributed by atoms with Crippen LogP contribution in [-0.2, 0) is 4.79 Å². The Morgan fingerprint density at radius 3 is 2.66 bits per heavy atom. The van der Waals surface area contributed by atoms with Gasteiger partial charge in [0, 0.05) is 15.5 Å². The number of halogens is 2. The molecule has 41 heavy (non-hydrogen) atoms. The van der Waals surface area contributed by atoms with E-state index in [1.54, 1.807) is 36.5 Å². The summed E-state index contributed by atoms with van der Waals surface area (Å²) in [6, 6.07) is 29.3. The topological polar surface area (TPSA) is 98.7 Å². The highest BCUT2D eigenvalue weighted by molar-refractivity contribution is 14.1. The molecular formula is C31H20BrIN4O4. The van der Waals surface area contributed by atoms with E-state index in [4.69, 9.17) is 14.1 Å². The molecule has 1 N–H and O–H groups in total. The van der Waals surface area contributed by atoms with Gasteiger partial charge < -0.3 is 14.5 Å². The SMILES string of the molecule is O=C(COc1ccc(C=Nn2c(-c3cc4cc(Br)ccc4o3)nc3ccccc3c2=O)cc1I)Nc1ccccc1. The predicted octanol–water partition coefficient (Wildman–Crippen LogP) is 7.08. The molecule has 10 heteroatoms. The van der Waals surface area contributed by atoms with E-state index in [1.165, 1.54) is 4.68 Å². The van der Waals surface area contributed by atoms with E-state index in [-0.39, 0.29) is 23.9 Å². The van der Waals surface area contributed by atoms with Crippen LogP contribution in [0.2, 0.25) is 0 Å². The molecule has 0 atom stereocenters. The van der Waals surface area contributed by atoms with Gasteiger partial charge in [-0.3, -0.25) is 9.59 Å². The standard InChI is InChI=1S/C31H20BrIN4O4/c32-21-11-13-26-20(15-21)16-28(41-26)30-36-25-9-5-4-8-23(25)31(39)37(30)34-17-19-10-12-27(24(33)14-19)40-18-29(38)35-22-6-2-1-3-7-22/h1-17H,18H2,(H,35,38). The Kier molecular flexibility index (Phi) is 7.66. The number of carbonyl (C=O) groups excluding carboxylic acids is 1. The first-order valence-corrected chi connectivity index (χ1v) is 14.3. The van der Waals surface area contributed by atoms with Crippen LogP contribution < -0.4 is 15.6 Å². The monoisotopic (exact) mass is 718 g/mol. The smallest absolute Gasteiger partial charge is 0.282 e. The fraction of sp³-hybridized carbons (Fsp3) is 0.0323. The molecule has 6 rings (SSSR count). The van der Waals surface area contributed by atoms with Crippen molar-refractivity contribution in [2.24, 2.45) is 5.10 Å². The quantitative estimate of drug-likeness (QED) is 0.141. The van der Waals surface area contributed by atoms with Crippen molar-refractivity contribution in [3.8, 4) is 17.3 Å². The third-order valence-electron chi connectivity index (χ3n) is 6.15. The van der Waals surface area contributed by atoms with Gasteiger partial charge in [-0.15, -0.1) is 0 Å². The van der Waals surface area contributed by atoms with E-state index in [2.05, 4.69) is 48.9 Å². The molecule has 0 unspecified atom stereocenters. The lowest BCUT2D eigenvalue weighted by Crippen LogP contribution is -2.20. The predicted molar refractivity (Wildman–Crippen MR) is 172 cm³/mol. The van der Waals surface area contributed by atoms with Crippen LogP contribution >= 0.6 is 38.5 Å². The van der Waals surface area contributed by atoms with Gasteiger partial charge >= 0.3 is 0 Å². The minimum absolute atomic E-state index is 0.131. The zero-order valence-electron chi connectivity index (χ0n) is 21.3. The molecule has 0 bridgehead atoms. The van der Waals surface area contributed by atoms with Crippen LogP contribution in [0.25, 0.3) is 33.5 Å². The molecule has 0 fully saturated rings. The molecule has 0 radical (unpaired) electrons. The second-order valence-corrected chi connectivity index (χ2v) is 11.1. The fourth-order valence-corrected chi connectivity index (χ4v) is 5.29. The summed E-state index contributed by atoms with van der Waals surface area (Å²) < 4.78 is 14.7. The van der Waals surface area contributed by atoms with Crippen molar-refractivity contribution in [3.63, 3.8) is 0 Å². The minimum Gasteiger partial charge on any atom is -0.483 e. The number of furan rings is 1. The number of para-hydroxylation sites is 2. The molecule has 0 spiro atoms. The maximum Gasteiger partial charge on any atom is 0.282 e. The van der Waals surface area contributed by atoms with E-state index < -0.39 is 0 Å². The van der Waals surface area contributed by atoms with Crippen molar-refractivity contribution in [1.29, 1.82) is 0 Å². The summed E-state index contributed by atoms with van der Waals surface area (Å²) in [5.74, 6) is 1.01. The van der Waals surface area contributed by atoms with Crippen molar-refractivity contribution >= 4 is 78.2 Å². The normalized spacial score (nSPS) is 11.4. The summed E-state index contributed by atoms with van der Waals surface area (Å²) in [6.07, 6.45) is 1.58. The lowest BCUT2D eigenvalue weighted by molar-refractivity contribution is -0.118. The van der Waals surface area contributed by atoms with Crippen molar-refractivity contribution in [3.05, 3.63) is 121 Å². The Balaban J connectivity index is 1.28. The molecule has 0 saturated carbocycles. The first-order chi connectivity index (χ1) is 19.9. The first kappa shape index (κ1) is 26.9. The summed E-state index contributed by atoms with van der Waals surface area (Å²) in [7, 11) is 0. The molecular weight excluding hydrogens is 699 g/mol. The van der Waals surface area contributed by atoms with Crippen LogP contribution in [0, 0.1) is 3.57 Å². The van der Waals surface area contributed by atoms with E-state index in [1.807, 2.05) is 66.7 Å². The lowest BCUT2D eigenvalue weighted by Gasteiger charge is -2.10. The summed E-state index contributed by atoms with van der Waals surface area (Å²) in [5.41, 5.74) is 2.34. The Bertz CT molecular complexity index is 2000. The van der Waals surface area contributed by atoms with E-state index in [0.717, 1.165) is 19.0 Å². The molecule has 0 aliphatic carbocycles. The van der Waals surface area contributed by atoms with Gasteiger partial charge in [-0.1, -0.05) is 46.3 Å². The number of hydrogen-bond acceptors (Lipinski definition) is 6. The number of ether oxygens (including phenoxy) is 1. The maximum absolute atomic E-state index is 13.5. The van der Waals surface area contributed by atoms with Gasteiger partial charge in [0.15, 0.2) is 12.4 Å². The molecule has 202 valence electrons. The van der Waals surface area contributed by atoms with E-state index in [0.29, 0.717) is 33.7 Å². The highest BCUT2D eigenvalue weighted by Gasteiger charge is 2.17. The second kappa shape index (κ2) is 11.7. The van der Waals surface area contributed by atoms with E-state index >= 15 is 0 Å². The zero-order chi connectivity index (χ0) is 28.3. The van der Waals surface area contributed by atoms with Crippen molar-refractivity contribution in [1.82, 2.24) is 9.66 Å². The average molecular weight is 719 g/mol. The Morgan fingerprint density at radius 2 is 1.83 bits per heavy atom. The molecule has 8 nitrogen and oxygen atoms in total. The number of amides is 1. The number of hydrogen-bond donors (Lipinski definition) is 1. The van der Waals surface area contributed by atoms with Gasteiger partial charge in [0.1, 0.15) is 11.3 Å². The second-order valence-electron chi connectivity index (χ2n) is 9.00. The molecule has 6 aromatic rings. The molecule has 4 aromatic carbocycles. The first-order valence-electron chi connectivity index (χ1n) is 12.5. The van der Waals surface area contributed by atoms with Crippen LogP contribution in [0.3, 0.4) is 0 Å². The largest absolute Gasteiger partial charge is 0.483 e. The summed E-state index contributed by atoms with van der Waals surface area (Å²) in [6.45, 7) is -0.131. The average Bonchev–Trinajstić information content (AvgIpc) is 3.40. The number of anilines is 1. The van der Waals surface area contributed by atoms with Crippen LogP contribution in [0.4, 0.5) is 5.69 Å². The molecule has 0 saturated heterocycles. The molecule has 0 aliphatic heterocycles. The van der Waals surface area contributed by atoms with Crippen LogP contribution in [0.1, 0.15) is 5.56 Å². The number of nitrogens with one attached hydrogen (secondary N) is 1. The van der Waals surface area contributed by atoms with Gasteiger partial charge in [-0.25, -0.2) is 4.98 Å². The molecule has 1 amide bonds. The van der Waals surface area contributed by atoms with Crippen molar-refractivity contribution < 1.29 is 13.9 Å². The number of nitrogens with zero attached hydrogens (tertiary/aromatic N) is 3. The number of benzene rings is 4. The number of carbonyl (C=O) groups is 1. The highest BCUT2D eigenvalue weighted by Crippen LogP contribution is 2.29. The minimum atomic E-state index is -0.317. The van der Waals surface area contributed by atoms with Crippen LogP contribution in [0.5, 0.6) is 5.75 Å². The van der Waals surface area contributed by atoms with Gasteiger partial charge in [-0.05, 0) is 94.9 Å². The number of aromatic nitrogens is 2. The Morgan fingerprint density at radius 1 is 1.02 bits per heavy atom. The molecule has 2 heterocycles. The zero-order valence-corrected chi connectivity index (χ0v) is 25.0. The fourth-order valence-electron chi connectivity index (χ4n) is 4.22. The molecule has 2 aromatic heterocycles. The van der Waals surface area contributed by atoms with Crippen LogP contribution in [-0.4, -0.2) is 28.4 Å². The van der Waals surface area contributed by atoms with E-state index in [9.17, 15) is 9.59 Å². The van der Waals surface area contributed by atoms with Gasteiger partial charge in [0.2, 0.25) is 5.82 Å². The third kappa shape index (κ3) is 5.93. The van der Waals surface area contributed by atoms with Gasteiger partial charge in [0.05, 0.1) is 20.7 Å². The van der Waals surface area contributed by atoms with Crippen molar-refractivity contribution in [2.45, 2.75) is 0 Å². The van der Waals surface area contributed by atoms with Gasteiger partial charge in [-0.2, -0.15) is 9.78 Å². The maximum atomic E-state index is 13.5. The van der Waals surface area contributed by atoms with Gasteiger partial charge in [0.25, 0.3) is 11.5 Å². The Hall–Kier alpha value is -4.29. The molecule has 0 aliphatic rings. The van der Waals surface area contributed by atoms with Crippen molar-refractivity contribution in [2.75, 3.05) is 11.9 Å². The lowest BCUT2D eigenvalue weighted by atomic mass is 10.2. The number of rotatable bonds is 7. The Labute approximate surface area is 255 Å².